The Bertz CT molecular complexity index is 1120. The maximum Gasteiger partial charge on any atom is 0.251 e. The van der Waals surface area contributed by atoms with Crippen LogP contribution in [0.2, 0.25) is 5.02 Å². The van der Waals surface area contributed by atoms with Gasteiger partial charge in [0.15, 0.2) is 0 Å². The van der Waals surface area contributed by atoms with Crippen LogP contribution in [0.1, 0.15) is 71.3 Å². The lowest BCUT2D eigenvalue weighted by Crippen LogP contribution is -2.39. The Kier molecular flexibility index (Phi) is 7.77. The van der Waals surface area contributed by atoms with E-state index in [4.69, 9.17) is 11.6 Å². The molecule has 2 fully saturated rings. The summed E-state index contributed by atoms with van der Waals surface area (Å²) in [4.78, 5) is 12.4. The van der Waals surface area contributed by atoms with Gasteiger partial charge in [-0.1, -0.05) is 23.7 Å². The van der Waals surface area contributed by atoms with Crippen LogP contribution in [0, 0.1) is 35.9 Å². The smallest absolute Gasteiger partial charge is 0.251 e. The van der Waals surface area contributed by atoms with Crippen molar-refractivity contribution < 1.29 is 9.18 Å². The molecule has 8 heteroatoms. The van der Waals surface area contributed by atoms with Crippen LogP contribution in [0.4, 0.5) is 4.39 Å². The maximum absolute atomic E-state index is 15.3. The normalized spacial score (nSPS) is 25.8. The molecule has 0 aromatic heterocycles. The van der Waals surface area contributed by atoms with E-state index in [0.29, 0.717) is 35.5 Å². The molecular formula is C27H33ClFN5O. The van der Waals surface area contributed by atoms with E-state index in [1.165, 1.54) is 0 Å². The second-order valence-electron chi connectivity index (χ2n) is 10.1. The van der Waals surface area contributed by atoms with Crippen LogP contribution in [0.3, 0.4) is 0 Å². The second kappa shape index (κ2) is 10.6. The first-order valence-corrected chi connectivity index (χ1v) is 12.6. The molecule has 186 valence electrons. The monoisotopic (exact) mass is 497 g/mol. The molecule has 4 N–H and O–H groups in total. The molecule has 0 bridgehead atoms. The molecule has 1 saturated carbocycles. The fourth-order valence-electron chi connectivity index (χ4n) is 5.71. The first-order valence-electron chi connectivity index (χ1n) is 12.2. The van der Waals surface area contributed by atoms with Gasteiger partial charge >= 0.3 is 0 Å². The highest BCUT2D eigenvalue weighted by atomic mass is 35.5. The number of carbonyl (C=O) groups is 1. The van der Waals surface area contributed by atoms with Gasteiger partial charge in [-0.3, -0.25) is 10.2 Å². The number of hydrogen-bond acceptors (Lipinski definition) is 5. The summed E-state index contributed by atoms with van der Waals surface area (Å²) in [5.41, 5.74) is 10.5. The molecule has 2 aromatic rings. The van der Waals surface area contributed by atoms with Crippen molar-refractivity contribution in [2.45, 2.75) is 64.2 Å². The summed E-state index contributed by atoms with van der Waals surface area (Å²) < 4.78 is 15.3. The van der Waals surface area contributed by atoms with Crippen molar-refractivity contribution in [1.82, 2.24) is 21.5 Å². The van der Waals surface area contributed by atoms with E-state index >= 15 is 4.39 Å². The van der Waals surface area contributed by atoms with Gasteiger partial charge in [-0.15, -0.1) is 0 Å². The van der Waals surface area contributed by atoms with Crippen molar-refractivity contribution >= 4 is 17.5 Å². The minimum absolute atomic E-state index is 0.0332. The zero-order chi connectivity index (χ0) is 25.3. The zero-order valence-corrected chi connectivity index (χ0v) is 21.3. The van der Waals surface area contributed by atoms with Gasteiger partial charge in [0, 0.05) is 35.1 Å². The Balaban J connectivity index is 1.62. The lowest BCUT2D eigenvalue weighted by Gasteiger charge is -2.37. The Hall–Kier alpha value is -2.50. The Morgan fingerprint density at radius 3 is 2.66 bits per heavy atom. The molecule has 5 atom stereocenters. The van der Waals surface area contributed by atoms with Crippen molar-refractivity contribution in [3.63, 3.8) is 0 Å². The summed E-state index contributed by atoms with van der Waals surface area (Å²) in [6.07, 6.45) is 1.28. The Morgan fingerprint density at radius 1 is 1.26 bits per heavy atom. The van der Waals surface area contributed by atoms with Crippen molar-refractivity contribution in [1.29, 1.82) is 5.26 Å². The van der Waals surface area contributed by atoms with Gasteiger partial charge in [0.1, 0.15) is 5.82 Å². The molecule has 35 heavy (non-hydrogen) atoms. The maximum atomic E-state index is 15.3. The molecule has 2 aromatic carbocycles. The highest BCUT2D eigenvalue weighted by Crippen LogP contribution is 2.48. The zero-order valence-electron chi connectivity index (χ0n) is 20.6. The molecule has 1 heterocycles. The molecular weight excluding hydrogens is 465 g/mol. The van der Waals surface area contributed by atoms with Crippen LogP contribution >= 0.6 is 11.6 Å². The highest BCUT2D eigenvalue weighted by molar-refractivity contribution is 6.31. The summed E-state index contributed by atoms with van der Waals surface area (Å²) in [5.74, 6) is -0.776. The van der Waals surface area contributed by atoms with E-state index in [1.807, 2.05) is 40.0 Å². The molecule has 1 saturated heterocycles. The molecule has 2 aliphatic rings. The van der Waals surface area contributed by atoms with Crippen LogP contribution in [0.5, 0.6) is 0 Å². The lowest BCUT2D eigenvalue weighted by molar-refractivity contribution is 0.0943. The summed E-state index contributed by atoms with van der Waals surface area (Å²) in [6.45, 7) is 6.34. The van der Waals surface area contributed by atoms with Gasteiger partial charge < -0.3 is 10.6 Å². The van der Waals surface area contributed by atoms with E-state index in [-0.39, 0.29) is 47.6 Å². The number of aryl methyl sites for hydroxylation is 1. The Morgan fingerprint density at radius 2 is 2.03 bits per heavy atom. The molecule has 1 aliphatic heterocycles. The number of nitriles is 1. The van der Waals surface area contributed by atoms with Crippen LogP contribution in [0.25, 0.3) is 0 Å². The largest absolute Gasteiger partial charge is 0.350 e. The number of hydrazine groups is 1. The quantitative estimate of drug-likeness (QED) is 0.472. The third kappa shape index (κ3) is 5.22. The highest BCUT2D eigenvalue weighted by Gasteiger charge is 2.46. The minimum Gasteiger partial charge on any atom is -0.350 e. The standard InChI is InChI=1S/C27H33ClFN5O/c1-14(2)32-27(35)17-5-6-19(22(28)9-17)26-21-11-20(18(12-30)10-24(21)33-34-26)25-15(3)7-16(13-31-4)8-23(25)29/h5-9,14,18,20-21,24,26,31,33-34H,10-11,13H2,1-4H3,(H,32,35). The van der Waals surface area contributed by atoms with Crippen molar-refractivity contribution in [2.75, 3.05) is 7.05 Å². The van der Waals surface area contributed by atoms with Gasteiger partial charge in [-0.05, 0) is 87.0 Å². The number of benzene rings is 2. The predicted octanol–water partition coefficient (Wildman–Crippen LogP) is 4.50. The van der Waals surface area contributed by atoms with Gasteiger partial charge in [-0.2, -0.15) is 5.26 Å². The van der Waals surface area contributed by atoms with Crippen LogP contribution in [0.15, 0.2) is 30.3 Å². The van der Waals surface area contributed by atoms with Gasteiger partial charge in [-0.25, -0.2) is 9.82 Å². The number of amides is 1. The lowest BCUT2D eigenvalue weighted by atomic mass is 9.66. The average molecular weight is 498 g/mol. The van der Waals surface area contributed by atoms with Crippen molar-refractivity contribution in [3.8, 4) is 6.07 Å². The number of rotatable bonds is 6. The third-order valence-electron chi connectivity index (χ3n) is 7.22. The van der Waals surface area contributed by atoms with Crippen LogP contribution in [-0.2, 0) is 6.54 Å². The molecule has 4 rings (SSSR count). The topological polar surface area (TPSA) is 89.0 Å². The fraction of sp³-hybridized carbons (Fsp3) is 0.481. The summed E-state index contributed by atoms with van der Waals surface area (Å²) in [7, 11) is 1.84. The second-order valence-corrected chi connectivity index (χ2v) is 10.5. The first kappa shape index (κ1) is 25.6. The van der Waals surface area contributed by atoms with E-state index in [9.17, 15) is 10.1 Å². The van der Waals surface area contributed by atoms with Crippen molar-refractivity contribution in [2.24, 2.45) is 11.8 Å². The number of fused-ring (bicyclic) bond motifs is 1. The van der Waals surface area contributed by atoms with Gasteiger partial charge in [0.2, 0.25) is 0 Å². The summed E-state index contributed by atoms with van der Waals surface area (Å²) >= 11 is 6.66. The molecule has 0 spiro atoms. The van der Waals surface area contributed by atoms with Gasteiger partial charge in [0.05, 0.1) is 18.0 Å². The Labute approximate surface area is 211 Å². The van der Waals surface area contributed by atoms with Crippen molar-refractivity contribution in [3.05, 3.63) is 69.0 Å². The molecule has 5 unspecified atom stereocenters. The molecule has 0 radical (unpaired) electrons. The molecule has 1 amide bonds. The number of carbonyl (C=O) groups excluding carboxylic acids is 1. The number of nitrogens with one attached hydrogen (secondary N) is 4. The number of halogens is 2. The number of hydrogen-bond donors (Lipinski definition) is 4. The van der Waals surface area contributed by atoms with Crippen LogP contribution < -0.4 is 21.5 Å². The van der Waals surface area contributed by atoms with E-state index in [2.05, 4.69) is 27.6 Å². The van der Waals surface area contributed by atoms with Gasteiger partial charge in [0.25, 0.3) is 5.91 Å². The van der Waals surface area contributed by atoms with Crippen LogP contribution in [-0.4, -0.2) is 25.0 Å². The predicted molar refractivity (Wildman–Crippen MR) is 135 cm³/mol. The number of nitrogens with zero attached hydrogens (tertiary/aromatic N) is 1. The first-order chi connectivity index (χ1) is 16.7. The fourth-order valence-corrected chi connectivity index (χ4v) is 6.01. The third-order valence-corrected chi connectivity index (χ3v) is 7.55. The summed E-state index contributed by atoms with van der Waals surface area (Å²) in [5, 5.41) is 16.4. The average Bonchev–Trinajstić information content (AvgIpc) is 3.20. The van der Waals surface area contributed by atoms with E-state index in [1.54, 1.807) is 18.2 Å². The van der Waals surface area contributed by atoms with E-state index in [0.717, 1.165) is 16.7 Å². The minimum atomic E-state index is -0.287. The SMILES string of the molecule is CNCc1cc(C)c(C2CC3C(CC2C#N)NNC3c2ccc(C(=O)NC(C)C)cc2Cl)c(F)c1. The van der Waals surface area contributed by atoms with E-state index < -0.39 is 0 Å². The molecule has 1 aliphatic carbocycles. The summed E-state index contributed by atoms with van der Waals surface area (Å²) in [6, 6.07) is 11.4. The molecule has 6 nitrogen and oxygen atoms in total.